The van der Waals surface area contributed by atoms with Gasteiger partial charge in [0.15, 0.2) is 11.4 Å². The van der Waals surface area contributed by atoms with Crippen molar-refractivity contribution in [3.63, 3.8) is 0 Å². The number of hydrogen-bond donors (Lipinski definition) is 2. The summed E-state index contributed by atoms with van der Waals surface area (Å²) in [6.07, 6.45) is 4.34. The fraction of sp³-hybridized carbons (Fsp3) is 0.242. The van der Waals surface area contributed by atoms with Gasteiger partial charge >= 0.3 is 6.09 Å². The highest BCUT2D eigenvalue weighted by Gasteiger charge is 2.32. The average molecular weight is 584 g/mol. The zero-order valence-corrected chi connectivity index (χ0v) is 23.9. The third kappa shape index (κ3) is 8.04. The number of benzene rings is 3. The van der Waals surface area contributed by atoms with Gasteiger partial charge in [0.1, 0.15) is 6.61 Å². The minimum absolute atomic E-state index is 0.00265. The van der Waals surface area contributed by atoms with E-state index in [0.29, 0.717) is 23.9 Å². The molecular weight excluding hydrogens is 550 g/mol. The molecule has 9 heteroatoms. The Kier molecular flexibility index (Phi) is 10.3. The van der Waals surface area contributed by atoms with Crippen LogP contribution in [-0.2, 0) is 27.4 Å². The van der Waals surface area contributed by atoms with Crippen LogP contribution in [0.25, 0.3) is 11.1 Å². The van der Waals surface area contributed by atoms with Crippen molar-refractivity contribution >= 4 is 17.9 Å². The standard InChI is InChI=1S/C33H33N3O5S/c1-2-16-39-33(38)36-20-24-6-3-7-26(17-24)27-8-4-9-28(18-27)31-40-29(22-42-32-34-14-5-15-35-32)19-30(41-31)25-12-10-23(21-37)11-13-25/h2-15,17-18,29-31,37H,1,16,19-22H2,(H,36,38)/t29-,30+,31+/m1/s1. The van der Waals surface area contributed by atoms with E-state index in [4.69, 9.17) is 14.2 Å². The third-order valence-corrected chi connectivity index (χ3v) is 7.75. The molecule has 0 radical (unpaired) electrons. The molecule has 0 bridgehead atoms. The molecule has 0 aliphatic carbocycles. The number of hydrogen-bond acceptors (Lipinski definition) is 8. The number of amides is 1. The molecule has 2 N–H and O–H groups in total. The molecule has 0 unspecified atom stereocenters. The average Bonchev–Trinajstić information content (AvgIpc) is 3.06. The van der Waals surface area contributed by atoms with Crippen molar-refractivity contribution in [1.82, 2.24) is 15.3 Å². The molecule has 1 saturated heterocycles. The Morgan fingerprint density at radius 1 is 0.976 bits per heavy atom. The number of alkyl carbamates (subject to hydrolysis) is 1. The van der Waals surface area contributed by atoms with Crippen LogP contribution in [0, 0.1) is 0 Å². The molecule has 1 aliphatic rings. The van der Waals surface area contributed by atoms with Gasteiger partial charge in [-0.25, -0.2) is 14.8 Å². The van der Waals surface area contributed by atoms with Crippen LogP contribution in [0.1, 0.15) is 41.1 Å². The van der Waals surface area contributed by atoms with Crippen LogP contribution in [0.15, 0.2) is 109 Å². The summed E-state index contributed by atoms with van der Waals surface area (Å²) in [7, 11) is 0. The molecule has 1 fully saturated rings. The maximum absolute atomic E-state index is 11.8. The van der Waals surface area contributed by atoms with Crippen LogP contribution in [0.3, 0.4) is 0 Å². The van der Waals surface area contributed by atoms with Gasteiger partial charge in [-0.1, -0.05) is 85.1 Å². The number of aliphatic hydroxyl groups excluding tert-OH is 1. The number of ether oxygens (including phenoxy) is 3. The molecular formula is C33H33N3O5S. The number of nitrogens with zero attached hydrogens (tertiary/aromatic N) is 2. The molecule has 42 heavy (non-hydrogen) atoms. The first-order valence-corrected chi connectivity index (χ1v) is 14.7. The maximum Gasteiger partial charge on any atom is 0.407 e. The summed E-state index contributed by atoms with van der Waals surface area (Å²) in [4.78, 5) is 20.5. The van der Waals surface area contributed by atoms with Crippen molar-refractivity contribution in [1.29, 1.82) is 0 Å². The van der Waals surface area contributed by atoms with Gasteiger partial charge in [0.2, 0.25) is 0 Å². The molecule has 3 aromatic carbocycles. The summed E-state index contributed by atoms with van der Waals surface area (Å²) in [5.41, 5.74) is 5.77. The zero-order valence-electron chi connectivity index (χ0n) is 23.1. The first-order valence-electron chi connectivity index (χ1n) is 13.7. The molecule has 4 aromatic rings. The van der Waals surface area contributed by atoms with E-state index in [1.54, 1.807) is 30.2 Å². The van der Waals surface area contributed by atoms with E-state index in [1.165, 1.54) is 6.08 Å². The highest BCUT2D eigenvalue weighted by Crippen LogP contribution is 2.40. The minimum Gasteiger partial charge on any atom is -0.445 e. The van der Waals surface area contributed by atoms with E-state index in [1.807, 2.05) is 66.7 Å². The van der Waals surface area contributed by atoms with Gasteiger partial charge in [0.25, 0.3) is 0 Å². The Hall–Kier alpha value is -4.02. The monoisotopic (exact) mass is 583 g/mol. The van der Waals surface area contributed by atoms with Gasteiger partial charge in [-0.05, 0) is 46.0 Å². The smallest absolute Gasteiger partial charge is 0.407 e. The van der Waals surface area contributed by atoms with E-state index in [0.717, 1.165) is 33.4 Å². The Labute approximate surface area is 249 Å². The van der Waals surface area contributed by atoms with Crippen molar-refractivity contribution in [2.24, 2.45) is 0 Å². The van der Waals surface area contributed by atoms with Crippen LogP contribution in [-0.4, -0.2) is 39.6 Å². The second kappa shape index (κ2) is 14.7. The number of carbonyl (C=O) groups excluding carboxylic acids is 1. The van der Waals surface area contributed by atoms with Crippen LogP contribution < -0.4 is 5.32 Å². The van der Waals surface area contributed by atoms with Crippen LogP contribution in [0.4, 0.5) is 4.79 Å². The number of nitrogens with one attached hydrogen (secondary N) is 1. The molecule has 3 atom stereocenters. The normalized spacial score (nSPS) is 18.3. The summed E-state index contributed by atoms with van der Waals surface area (Å²) >= 11 is 1.56. The summed E-state index contributed by atoms with van der Waals surface area (Å²) in [5.74, 6) is 0.680. The summed E-state index contributed by atoms with van der Waals surface area (Å²) in [6, 6.07) is 25.8. The highest BCUT2D eigenvalue weighted by molar-refractivity contribution is 7.99. The second-order valence-electron chi connectivity index (χ2n) is 9.76. The van der Waals surface area contributed by atoms with Gasteiger partial charge in [-0.3, -0.25) is 0 Å². The van der Waals surface area contributed by atoms with Crippen molar-refractivity contribution in [2.45, 2.75) is 43.2 Å². The zero-order chi connectivity index (χ0) is 29.1. The van der Waals surface area contributed by atoms with Crippen LogP contribution in [0.2, 0.25) is 0 Å². The van der Waals surface area contributed by atoms with E-state index in [2.05, 4.69) is 27.9 Å². The molecule has 5 rings (SSSR count). The lowest BCUT2D eigenvalue weighted by molar-refractivity contribution is -0.245. The van der Waals surface area contributed by atoms with Gasteiger partial charge in [-0.15, -0.1) is 0 Å². The number of carbonyl (C=O) groups is 1. The van der Waals surface area contributed by atoms with Gasteiger partial charge in [0, 0.05) is 36.7 Å². The molecule has 0 saturated carbocycles. The van der Waals surface area contributed by atoms with E-state index < -0.39 is 12.4 Å². The van der Waals surface area contributed by atoms with Crippen molar-refractivity contribution in [3.05, 3.63) is 126 Å². The fourth-order valence-corrected chi connectivity index (χ4v) is 5.46. The minimum atomic E-state index is -0.576. The second-order valence-corrected chi connectivity index (χ2v) is 10.7. The largest absolute Gasteiger partial charge is 0.445 e. The lowest BCUT2D eigenvalue weighted by atomic mass is 9.99. The van der Waals surface area contributed by atoms with E-state index >= 15 is 0 Å². The maximum atomic E-state index is 11.8. The Morgan fingerprint density at radius 2 is 1.74 bits per heavy atom. The fourth-order valence-electron chi connectivity index (χ4n) is 4.64. The SMILES string of the molecule is C=CCOC(=O)NCc1cccc(-c2cccc([C@H]3O[C@@H](CSc4ncccn4)C[C@@H](c4ccc(CO)cc4)O3)c2)c1. The van der Waals surface area contributed by atoms with E-state index in [-0.39, 0.29) is 25.4 Å². The summed E-state index contributed by atoms with van der Waals surface area (Å²) < 4.78 is 18.0. The summed E-state index contributed by atoms with van der Waals surface area (Å²) in [6.45, 7) is 4.06. The number of aromatic nitrogens is 2. The molecule has 0 spiro atoms. The van der Waals surface area contributed by atoms with Gasteiger partial charge < -0.3 is 24.6 Å². The highest BCUT2D eigenvalue weighted by atomic mass is 32.2. The third-order valence-electron chi connectivity index (χ3n) is 6.74. The Bertz CT molecular complexity index is 1470. The first-order chi connectivity index (χ1) is 20.6. The number of rotatable bonds is 11. The molecule has 8 nitrogen and oxygen atoms in total. The van der Waals surface area contributed by atoms with Crippen LogP contribution in [0.5, 0.6) is 0 Å². The molecule has 1 amide bonds. The topological polar surface area (TPSA) is 103 Å². The van der Waals surface area contributed by atoms with E-state index in [9.17, 15) is 9.90 Å². The predicted molar refractivity (Wildman–Crippen MR) is 161 cm³/mol. The quantitative estimate of drug-likeness (QED) is 0.119. The van der Waals surface area contributed by atoms with Gasteiger partial charge in [0.05, 0.1) is 18.8 Å². The summed E-state index contributed by atoms with van der Waals surface area (Å²) in [5, 5.41) is 12.9. The molecule has 216 valence electrons. The lowest BCUT2D eigenvalue weighted by Crippen LogP contribution is -2.31. The Morgan fingerprint density at radius 3 is 2.50 bits per heavy atom. The first kappa shape index (κ1) is 29.5. The van der Waals surface area contributed by atoms with Crippen LogP contribution >= 0.6 is 11.8 Å². The van der Waals surface area contributed by atoms with Crippen molar-refractivity contribution in [2.75, 3.05) is 12.4 Å². The van der Waals surface area contributed by atoms with Gasteiger partial charge in [-0.2, -0.15) is 0 Å². The number of aliphatic hydroxyl groups is 1. The lowest BCUT2D eigenvalue weighted by Gasteiger charge is -2.36. The molecule has 2 heterocycles. The van der Waals surface area contributed by atoms with Crippen molar-refractivity contribution in [3.8, 4) is 11.1 Å². The number of thioether (sulfide) groups is 1. The Balaban J connectivity index is 1.34. The van der Waals surface area contributed by atoms with Crippen molar-refractivity contribution < 1.29 is 24.1 Å². The predicted octanol–water partition coefficient (Wildman–Crippen LogP) is 6.39. The molecule has 1 aromatic heterocycles. The molecule has 1 aliphatic heterocycles.